The Morgan fingerprint density at radius 2 is 1.74 bits per heavy atom. The lowest BCUT2D eigenvalue weighted by atomic mass is 9.99. The summed E-state index contributed by atoms with van der Waals surface area (Å²) in [7, 11) is 1.98. The van der Waals surface area contributed by atoms with Gasteiger partial charge >= 0.3 is 0 Å². The summed E-state index contributed by atoms with van der Waals surface area (Å²) in [6, 6.07) is 11.2. The number of carbonyl (C=O) groups excluding carboxylic acids is 3. The highest BCUT2D eigenvalue weighted by atomic mass is 16.2. The molecular formula is C29H30N6O4. The standard InChI is InChI=1S/C29H30N6O4/c1-18(28(38)33-14-12-32(4)13-15-33)31-27(37)19(2)35-17-30-26-23(6-5-7-24(26)29(35)39)21-8-9-25-22(16-21)10-11-34(25)20(3)36/h5-9,16-17H,1-2,10-15H2,3-4H3,(H,31,37). The van der Waals surface area contributed by atoms with E-state index >= 15 is 0 Å². The van der Waals surface area contributed by atoms with Crippen LogP contribution < -0.4 is 15.8 Å². The van der Waals surface area contributed by atoms with E-state index in [-0.39, 0.29) is 23.2 Å². The van der Waals surface area contributed by atoms with Gasteiger partial charge in [-0.25, -0.2) is 4.98 Å². The summed E-state index contributed by atoms with van der Waals surface area (Å²) < 4.78 is 1.07. The van der Waals surface area contributed by atoms with Crippen LogP contribution in [0, 0.1) is 0 Å². The Kier molecular flexibility index (Phi) is 6.88. The van der Waals surface area contributed by atoms with Gasteiger partial charge in [0.1, 0.15) is 12.0 Å². The molecule has 2 aromatic carbocycles. The second kappa shape index (κ2) is 10.3. The molecule has 39 heavy (non-hydrogen) atoms. The van der Waals surface area contributed by atoms with Crippen LogP contribution in [0.5, 0.6) is 0 Å². The molecule has 3 aromatic rings. The summed E-state index contributed by atoms with van der Waals surface area (Å²) in [5, 5.41) is 2.80. The monoisotopic (exact) mass is 526 g/mol. The normalized spacial score (nSPS) is 15.2. The molecule has 1 aromatic heterocycles. The summed E-state index contributed by atoms with van der Waals surface area (Å²) in [5.41, 5.74) is 3.39. The number of hydrogen-bond donors (Lipinski definition) is 1. The van der Waals surface area contributed by atoms with E-state index in [9.17, 15) is 19.2 Å². The number of para-hydroxylation sites is 1. The van der Waals surface area contributed by atoms with Gasteiger partial charge in [0.15, 0.2) is 0 Å². The lowest BCUT2D eigenvalue weighted by molar-refractivity contribution is -0.130. The van der Waals surface area contributed by atoms with E-state index in [2.05, 4.69) is 28.4 Å². The van der Waals surface area contributed by atoms with E-state index in [1.165, 1.54) is 6.33 Å². The molecule has 2 aliphatic heterocycles. The molecule has 10 heteroatoms. The first-order chi connectivity index (χ1) is 18.7. The van der Waals surface area contributed by atoms with Crippen LogP contribution in [0.4, 0.5) is 5.69 Å². The number of hydrogen-bond acceptors (Lipinski definition) is 6. The molecule has 5 rings (SSSR count). The van der Waals surface area contributed by atoms with Gasteiger partial charge in [0.05, 0.1) is 16.6 Å². The van der Waals surface area contributed by atoms with Crippen molar-refractivity contribution in [1.82, 2.24) is 24.7 Å². The highest BCUT2D eigenvalue weighted by Gasteiger charge is 2.25. The number of anilines is 1. The molecule has 200 valence electrons. The molecule has 0 aliphatic carbocycles. The molecule has 2 aliphatic rings. The molecular weight excluding hydrogens is 496 g/mol. The Morgan fingerprint density at radius 1 is 1.00 bits per heavy atom. The van der Waals surface area contributed by atoms with Crippen LogP contribution in [-0.4, -0.2) is 76.8 Å². The summed E-state index contributed by atoms with van der Waals surface area (Å²) >= 11 is 0. The van der Waals surface area contributed by atoms with Crippen molar-refractivity contribution in [2.24, 2.45) is 0 Å². The third-order valence-electron chi connectivity index (χ3n) is 7.32. The van der Waals surface area contributed by atoms with E-state index in [0.29, 0.717) is 30.5 Å². The average molecular weight is 527 g/mol. The first kappa shape index (κ1) is 26.1. The van der Waals surface area contributed by atoms with Crippen LogP contribution in [0.15, 0.2) is 66.4 Å². The molecule has 1 N–H and O–H groups in total. The molecule has 3 heterocycles. The van der Waals surface area contributed by atoms with Gasteiger partial charge in [0, 0.05) is 50.9 Å². The molecule has 10 nitrogen and oxygen atoms in total. The largest absolute Gasteiger partial charge is 0.335 e. The number of carbonyl (C=O) groups is 3. The number of nitrogens with one attached hydrogen (secondary N) is 1. The molecule has 0 atom stereocenters. The molecule has 0 spiro atoms. The Bertz CT molecular complexity index is 1600. The molecule has 3 amide bonds. The molecule has 1 fully saturated rings. The van der Waals surface area contributed by atoms with E-state index in [0.717, 1.165) is 46.5 Å². The Labute approximate surface area is 225 Å². The molecule has 0 saturated carbocycles. The lowest BCUT2D eigenvalue weighted by Crippen LogP contribution is -2.49. The minimum absolute atomic E-state index is 0.00501. The Morgan fingerprint density at radius 3 is 2.46 bits per heavy atom. The SMILES string of the molecule is C=C(NC(=O)C(=C)n1cnc2c(-c3ccc4c(c3)CCN4C(C)=O)cccc2c1=O)C(=O)N1CCN(C)CC1. The molecule has 1 saturated heterocycles. The van der Waals surface area contributed by atoms with Crippen LogP contribution in [0.2, 0.25) is 0 Å². The van der Waals surface area contributed by atoms with Gasteiger partial charge in [-0.2, -0.15) is 0 Å². The maximum Gasteiger partial charge on any atom is 0.272 e. The number of aromatic nitrogens is 2. The van der Waals surface area contributed by atoms with Gasteiger partial charge in [-0.1, -0.05) is 31.4 Å². The zero-order valence-corrected chi connectivity index (χ0v) is 22.1. The number of piperazine rings is 1. The van der Waals surface area contributed by atoms with Crippen LogP contribution in [0.1, 0.15) is 12.5 Å². The molecule has 0 bridgehead atoms. The van der Waals surface area contributed by atoms with E-state index in [1.54, 1.807) is 28.9 Å². The van der Waals surface area contributed by atoms with Gasteiger partial charge in [0.2, 0.25) is 5.91 Å². The van der Waals surface area contributed by atoms with Crippen molar-refractivity contribution in [3.63, 3.8) is 0 Å². The third kappa shape index (κ3) is 4.86. The third-order valence-corrected chi connectivity index (χ3v) is 7.32. The lowest BCUT2D eigenvalue weighted by Gasteiger charge is -2.32. The quantitative estimate of drug-likeness (QED) is 0.509. The maximum absolute atomic E-state index is 13.4. The van der Waals surface area contributed by atoms with Crippen LogP contribution in [-0.2, 0) is 20.8 Å². The fraction of sp³-hybridized carbons (Fsp3) is 0.276. The highest BCUT2D eigenvalue weighted by molar-refractivity contribution is 6.15. The number of nitrogens with zero attached hydrogens (tertiary/aromatic N) is 5. The van der Waals surface area contributed by atoms with Gasteiger partial charge in [0.25, 0.3) is 17.4 Å². The number of rotatable bonds is 5. The zero-order chi connectivity index (χ0) is 27.8. The summed E-state index contributed by atoms with van der Waals surface area (Å²) in [4.78, 5) is 60.9. The minimum Gasteiger partial charge on any atom is -0.335 e. The number of likely N-dealkylation sites (N-methyl/N-ethyl adjacent to an activating group) is 1. The van der Waals surface area contributed by atoms with Gasteiger partial charge in [-0.3, -0.25) is 23.7 Å². The van der Waals surface area contributed by atoms with Crippen LogP contribution >= 0.6 is 0 Å². The highest BCUT2D eigenvalue weighted by Crippen LogP contribution is 2.34. The predicted molar refractivity (Wildman–Crippen MR) is 150 cm³/mol. The van der Waals surface area contributed by atoms with Gasteiger partial charge in [-0.15, -0.1) is 0 Å². The van der Waals surface area contributed by atoms with Gasteiger partial charge in [-0.05, 0) is 42.8 Å². The first-order valence-electron chi connectivity index (χ1n) is 12.7. The van der Waals surface area contributed by atoms with E-state index < -0.39 is 11.5 Å². The van der Waals surface area contributed by atoms with Crippen molar-refractivity contribution in [3.8, 4) is 11.1 Å². The van der Waals surface area contributed by atoms with Crippen molar-refractivity contribution in [2.75, 3.05) is 44.7 Å². The summed E-state index contributed by atoms with van der Waals surface area (Å²) in [6.45, 7) is 12.3. The van der Waals surface area contributed by atoms with Crippen LogP contribution in [0.3, 0.4) is 0 Å². The first-order valence-corrected chi connectivity index (χ1v) is 12.7. The molecule has 0 unspecified atom stereocenters. The number of fused-ring (bicyclic) bond motifs is 2. The van der Waals surface area contributed by atoms with E-state index in [1.807, 2.05) is 31.3 Å². The Hall–Kier alpha value is -4.57. The Balaban J connectivity index is 1.38. The van der Waals surface area contributed by atoms with Gasteiger partial charge < -0.3 is 20.0 Å². The predicted octanol–water partition coefficient (Wildman–Crippen LogP) is 1.85. The van der Waals surface area contributed by atoms with Crippen LogP contribution in [0.25, 0.3) is 27.7 Å². The summed E-state index contributed by atoms with van der Waals surface area (Å²) in [5.74, 6) is -1.07. The van der Waals surface area contributed by atoms with Crippen molar-refractivity contribution in [1.29, 1.82) is 0 Å². The topological polar surface area (TPSA) is 108 Å². The zero-order valence-electron chi connectivity index (χ0n) is 22.1. The van der Waals surface area contributed by atoms with Crippen molar-refractivity contribution in [2.45, 2.75) is 13.3 Å². The molecule has 0 radical (unpaired) electrons. The summed E-state index contributed by atoms with van der Waals surface area (Å²) in [6.07, 6.45) is 2.03. The smallest absolute Gasteiger partial charge is 0.272 e. The van der Waals surface area contributed by atoms with Crippen molar-refractivity contribution in [3.05, 3.63) is 77.5 Å². The number of amides is 3. The minimum atomic E-state index is -0.712. The van der Waals surface area contributed by atoms with Crippen molar-refractivity contribution >= 4 is 40.0 Å². The fourth-order valence-corrected chi connectivity index (χ4v) is 5.05. The second-order valence-electron chi connectivity index (χ2n) is 9.86. The maximum atomic E-state index is 13.4. The fourth-order valence-electron chi connectivity index (χ4n) is 5.05. The van der Waals surface area contributed by atoms with E-state index in [4.69, 9.17) is 0 Å². The number of benzene rings is 2. The van der Waals surface area contributed by atoms with Crippen molar-refractivity contribution < 1.29 is 14.4 Å². The average Bonchev–Trinajstić information content (AvgIpc) is 3.36. The second-order valence-corrected chi connectivity index (χ2v) is 9.86.